The molecule has 2 fully saturated rings. The third-order valence-electron chi connectivity index (χ3n) is 3.02. The van der Waals surface area contributed by atoms with Gasteiger partial charge in [0.1, 0.15) is 6.54 Å². The second-order valence-corrected chi connectivity index (χ2v) is 4.24. The number of nitrogens with zero attached hydrogens (tertiary/aromatic N) is 1. The Labute approximate surface area is 89.2 Å². The topological polar surface area (TPSA) is 61.4 Å². The molecule has 84 valence electrons. The van der Waals surface area contributed by atoms with E-state index in [1.807, 2.05) is 0 Å². The fourth-order valence-electron chi connectivity index (χ4n) is 2.13. The molecule has 0 aromatic carbocycles. The molecule has 1 heterocycles. The highest BCUT2D eigenvalue weighted by Crippen LogP contribution is 2.17. The largest absolute Gasteiger partial charge is 0.337 e. The van der Waals surface area contributed by atoms with Crippen LogP contribution in [0.1, 0.15) is 32.1 Å². The van der Waals surface area contributed by atoms with Crippen LogP contribution in [0.15, 0.2) is 0 Å². The lowest BCUT2D eigenvalue weighted by atomic mass is 9.96. The zero-order valence-electron chi connectivity index (χ0n) is 8.79. The Morgan fingerprint density at radius 3 is 2.67 bits per heavy atom. The maximum atomic E-state index is 11.7. The number of carbonyl (C=O) groups excluding carboxylic acids is 2. The van der Waals surface area contributed by atoms with Crippen LogP contribution < -0.4 is 10.6 Å². The van der Waals surface area contributed by atoms with Gasteiger partial charge in [-0.1, -0.05) is 19.3 Å². The van der Waals surface area contributed by atoms with Gasteiger partial charge in [-0.15, -0.1) is 0 Å². The van der Waals surface area contributed by atoms with E-state index >= 15 is 0 Å². The van der Waals surface area contributed by atoms with Crippen LogP contribution in [0.3, 0.4) is 0 Å². The fraction of sp³-hybridized carbons (Fsp3) is 0.800. The summed E-state index contributed by atoms with van der Waals surface area (Å²) in [6.45, 7) is 0.538. The van der Waals surface area contributed by atoms with Gasteiger partial charge in [0.25, 0.3) is 0 Å². The summed E-state index contributed by atoms with van der Waals surface area (Å²) in [6, 6.07) is 0.196. The van der Waals surface area contributed by atoms with Crippen LogP contribution in [0.2, 0.25) is 0 Å². The first kappa shape index (κ1) is 10.3. The van der Waals surface area contributed by atoms with Gasteiger partial charge in [0.15, 0.2) is 0 Å². The highest BCUT2D eigenvalue weighted by Gasteiger charge is 2.25. The van der Waals surface area contributed by atoms with Crippen molar-refractivity contribution in [3.8, 4) is 0 Å². The molecular weight excluding hydrogens is 194 g/mol. The van der Waals surface area contributed by atoms with E-state index in [0.717, 1.165) is 12.8 Å². The molecule has 0 radical (unpaired) electrons. The lowest BCUT2D eigenvalue weighted by Crippen LogP contribution is -2.44. The number of nitrogens with one attached hydrogen (secondary N) is 2. The number of hydrogen-bond donors (Lipinski definition) is 2. The van der Waals surface area contributed by atoms with Crippen molar-refractivity contribution in [2.45, 2.75) is 38.1 Å². The van der Waals surface area contributed by atoms with Gasteiger partial charge in [0.2, 0.25) is 5.91 Å². The van der Waals surface area contributed by atoms with Crippen LogP contribution in [0.4, 0.5) is 4.79 Å². The number of urea groups is 1. The third kappa shape index (κ3) is 2.61. The number of rotatable bonds is 1. The quantitative estimate of drug-likeness (QED) is 0.660. The molecule has 0 aromatic heterocycles. The minimum absolute atomic E-state index is 0.0752. The van der Waals surface area contributed by atoms with Crippen molar-refractivity contribution in [1.29, 1.82) is 0 Å². The monoisotopic (exact) mass is 211 g/mol. The average molecular weight is 211 g/mol. The van der Waals surface area contributed by atoms with E-state index in [4.69, 9.17) is 0 Å². The second kappa shape index (κ2) is 4.51. The zero-order valence-corrected chi connectivity index (χ0v) is 8.79. The highest BCUT2D eigenvalue weighted by molar-refractivity contribution is 5.86. The molecule has 0 spiro atoms. The molecule has 1 aliphatic heterocycles. The van der Waals surface area contributed by atoms with Gasteiger partial charge in [0, 0.05) is 6.04 Å². The second-order valence-electron chi connectivity index (χ2n) is 4.24. The minimum Gasteiger partial charge on any atom is -0.337 e. The molecule has 0 atom stereocenters. The van der Waals surface area contributed by atoms with Crippen molar-refractivity contribution < 1.29 is 9.59 Å². The Morgan fingerprint density at radius 1 is 1.33 bits per heavy atom. The molecule has 15 heavy (non-hydrogen) atoms. The average Bonchev–Trinajstić information content (AvgIpc) is 2.66. The fourth-order valence-corrected chi connectivity index (χ4v) is 2.13. The molecular formula is C10H17N3O2. The Morgan fingerprint density at radius 2 is 2.07 bits per heavy atom. The molecule has 0 aromatic rings. The first-order valence-electron chi connectivity index (χ1n) is 5.58. The van der Waals surface area contributed by atoms with Crippen molar-refractivity contribution in [2.75, 3.05) is 13.2 Å². The smallest absolute Gasteiger partial charge is 0.319 e. The normalized spacial score (nSPS) is 22.7. The van der Waals surface area contributed by atoms with Crippen molar-refractivity contribution in [2.24, 2.45) is 0 Å². The SMILES string of the molecule is O=C1CN(C(=O)NC2CCCCC2)CN1. The van der Waals surface area contributed by atoms with Gasteiger partial charge in [-0.2, -0.15) is 0 Å². The summed E-state index contributed by atoms with van der Waals surface area (Å²) in [5.74, 6) is -0.0752. The Hall–Kier alpha value is -1.26. The van der Waals surface area contributed by atoms with E-state index in [2.05, 4.69) is 10.6 Å². The van der Waals surface area contributed by atoms with E-state index in [1.54, 1.807) is 0 Å². The van der Waals surface area contributed by atoms with Crippen LogP contribution in [-0.2, 0) is 4.79 Å². The summed E-state index contributed by atoms with van der Waals surface area (Å²) in [7, 11) is 0. The highest BCUT2D eigenvalue weighted by atomic mass is 16.2. The van der Waals surface area contributed by atoms with Crippen LogP contribution in [0.25, 0.3) is 0 Å². The molecule has 0 unspecified atom stereocenters. The zero-order chi connectivity index (χ0) is 10.7. The molecule has 2 N–H and O–H groups in total. The van der Waals surface area contributed by atoms with Gasteiger partial charge in [-0.05, 0) is 12.8 Å². The summed E-state index contributed by atoms with van der Waals surface area (Å²) in [4.78, 5) is 24.1. The predicted molar refractivity (Wildman–Crippen MR) is 55.1 cm³/mol. The van der Waals surface area contributed by atoms with Crippen molar-refractivity contribution in [3.63, 3.8) is 0 Å². The van der Waals surface area contributed by atoms with Crippen LogP contribution in [0.5, 0.6) is 0 Å². The minimum atomic E-state index is -0.111. The van der Waals surface area contributed by atoms with Crippen molar-refractivity contribution >= 4 is 11.9 Å². The summed E-state index contributed by atoms with van der Waals surface area (Å²) in [5, 5.41) is 5.59. The Balaban J connectivity index is 1.78. The predicted octanol–water partition coefficient (Wildman–Crippen LogP) is 0.418. The lowest BCUT2D eigenvalue weighted by Gasteiger charge is -2.25. The molecule has 5 heteroatoms. The number of amides is 3. The van der Waals surface area contributed by atoms with Crippen molar-refractivity contribution in [1.82, 2.24) is 15.5 Å². The number of hydrogen-bond acceptors (Lipinski definition) is 2. The third-order valence-corrected chi connectivity index (χ3v) is 3.02. The summed E-state index contributed by atoms with van der Waals surface area (Å²) in [6.07, 6.45) is 5.81. The van der Waals surface area contributed by atoms with Gasteiger partial charge in [-0.3, -0.25) is 9.69 Å². The Kier molecular flexibility index (Phi) is 3.08. The van der Waals surface area contributed by atoms with Gasteiger partial charge >= 0.3 is 6.03 Å². The molecule has 1 saturated heterocycles. The molecule has 2 aliphatic rings. The standard InChI is InChI=1S/C10H17N3O2/c14-9-6-13(7-11-9)10(15)12-8-4-2-1-3-5-8/h8H,1-7H2,(H,11,14)(H,12,15). The molecule has 5 nitrogen and oxygen atoms in total. The van der Waals surface area contributed by atoms with E-state index < -0.39 is 0 Å². The van der Waals surface area contributed by atoms with Crippen LogP contribution >= 0.6 is 0 Å². The summed E-state index contributed by atoms with van der Waals surface area (Å²) >= 11 is 0. The first-order valence-corrected chi connectivity index (χ1v) is 5.58. The van der Waals surface area contributed by atoms with Gasteiger partial charge in [0.05, 0.1) is 6.67 Å². The lowest BCUT2D eigenvalue weighted by molar-refractivity contribution is -0.118. The molecule has 0 bridgehead atoms. The maximum Gasteiger partial charge on any atom is 0.319 e. The molecule has 1 aliphatic carbocycles. The summed E-state index contributed by atoms with van der Waals surface area (Å²) < 4.78 is 0. The van der Waals surface area contributed by atoms with E-state index in [9.17, 15) is 9.59 Å². The molecule has 2 rings (SSSR count). The van der Waals surface area contributed by atoms with Gasteiger partial charge in [-0.25, -0.2) is 4.79 Å². The van der Waals surface area contributed by atoms with Crippen LogP contribution in [-0.4, -0.2) is 36.1 Å². The Bertz CT molecular complexity index is 261. The van der Waals surface area contributed by atoms with Crippen LogP contribution in [0, 0.1) is 0 Å². The molecule has 1 saturated carbocycles. The first-order chi connectivity index (χ1) is 7.25. The summed E-state index contributed by atoms with van der Waals surface area (Å²) in [5.41, 5.74) is 0. The molecule has 3 amide bonds. The maximum absolute atomic E-state index is 11.7. The number of carbonyl (C=O) groups is 2. The van der Waals surface area contributed by atoms with Crippen molar-refractivity contribution in [3.05, 3.63) is 0 Å². The van der Waals surface area contributed by atoms with E-state index in [-0.39, 0.29) is 18.5 Å². The van der Waals surface area contributed by atoms with E-state index in [0.29, 0.717) is 12.7 Å². The van der Waals surface area contributed by atoms with E-state index in [1.165, 1.54) is 24.2 Å². The van der Waals surface area contributed by atoms with Gasteiger partial charge < -0.3 is 10.6 Å².